The van der Waals surface area contributed by atoms with E-state index in [4.69, 9.17) is 9.31 Å². The Morgan fingerprint density at radius 2 is 1.73 bits per heavy atom. The summed E-state index contributed by atoms with van der Waals surface area (Å²) in [5, 5.41) is 10.8. The summed E-state index contributed by atoms with van der Waals surface area (Å²) in [6, 6.07) is 1.48. The van der Waals surface area contributed by atoms with Gasteiger partial charge in [-0.3, -0.25) is 0 Å². The second kappa shape index (κ2) is 5.99. The van der Waals surface area contributed by atoms with Crippen LogP contribution >= 0.6 is 11.3 Å². The fraction of sp³-hybridized carbons (Fsp3) is 0.632. The Morgan fingerprint density at radius 3 is 2.19 bits per heavy atom. The minimum Gasteiger partial charge on any atom is -0.399 e. The molecule has 1 aliphatic heterocycles. The molecular formula is C19H27BFNO3S. The van der Waals surface area contributed by atoms with E-state index >= 15 is 0 Å². The Morgan fingerprint density at radius 1 is 1.19 bits per heavy atom. The number of halogens is 1. The smallest absolute Gasteiger partial charge is 0.399 e. The van der Waals surface area contributed by atoms with E-state index in [0.717, 1.165) is 10.3 Å². The van der Waals surface area contributed by atoms with Gasteiger partial charge in [-0.25, -0.2) is 9.37 Å². The highest BCUT2D eigenvalue weighted by Gasteiger charge is 2.52. The summed E-state index contributed by atoms with van der Waals surface area (Å²) in [6.07, 6.45) is 0. The molecule has 1 aromatic carbocycles. The molecule has 1 fully saturated rings. The first-order valence-corrected chi connectivity index (χ1v) is 9.77. The van der Waals surface area contributed by atoms with E-state index in [1.54, 1.807) is 13.8 Å². The normalized spacial score (nSPS) is 19.7. The average Bonchev–Trinajstić information content (AvgIpc) is 2.98. The number of hydrogen-bond acceptors (Lipinski definition) is 5. The van der Waals surface area contributed by atoms with Crippen LogP contribution in [0.1, 0.15) is 71.9 Å². The number of hydrogen-bond donors (Lipinski definition) is 1. The van der Waals surface area contributed by atoms with Gasteiger partial charge in [-0.2, -0.15) is 0 Å². The van der Waals surface area contributed by atoms with Crippen LogP contribution in [0.2, 0.25) is 0 Å². The van der Waals surface area contributed by atoms with Crippen LogP contribution in [-0.4, -0.2) is 28.4 Å². The zero-order chi connectivity index (χ0) is 19.7. The molecule has 142 valence electrons. The Balaban J connectivity index is 2.22. The molecule has 0 atom stereocenters. The number of thiazole rings is 1. The summed E-state index contributed by atoms with van der Waals surface area (Å²) in [5.74, 6) is -0.289. The zero-order valence-electron chi connectivity index (χ0n) is 16.7. The molecule has 26 heavy (non-hydrogen) atoms. The number of aliphatic hydroxyl groups is 1. The van der Waals surface area contributed by atoms with Gasteiger partial charge < -0.3 is 14.4 Å². The first-order chi connectivity index (χ1) is 11.7. The molecule has 1 aromatic heterocycles. The molecule has 0 amide bonds. The molecule has 0 unspecified atom stereocenters. The molecule has 1 aliphatic rings. The van der Waals surface area contributed by atoms with Crippen molar-refractivity contribution in [2.75, 3.05) is 0 Å². The van der Waals surface area contributed by atoms with Crippen molar-refractivity contribution in [1.29, 1.82) is 0 Å². The second-order valence-corrected chi connectivity index (χ2v) is 9.86. The predicted octanol–water partition coefficient (Wildman–Crippen LogP) is 4.09. The molecular weight excluding hydrogens is 352 g/mol. The summed E-state index contributed by atoms with van der Waals surface area (Å²) >= 11 is 1.33. The molecule has 0 aliphatic carbocycles. The molecule has 0 radical (unpaired) electrons. The van der Waals surface area contributed by atoms with Crippen LogP contribution in [-0.2, 0) is 14.9 Å². The van der Waals surface area contributed by atoms with E-state index in [-0.39, 0.29) is 5.92 Å². The third kappa shape index (κ3) is 3.09. The molecule has 3 rings (SSSR count). The molecule has 2 heterocycles. The highest BCUT2D eigenvalue weighted by molar-refractivity contribution is 7.19. The van der Waals surface area contributed by atoms with Crippen molar-refractivity contribution in [3.05, 3.63) is 22.5 Å². The van der Waals surface area contributed by atoms with Crippen molar-refractivity contribution in [2.45, 2.75) is 78.1 Å². The fourth-order valence-electron chi connectivity index (χ4n) is 3.10. The third-order valence-electron chi connectivity index (χ3n) is 5.30. The van der Waals surface area contributed by atoms with Gasteiger partial charge in [0.25, 0.3) is 0 Å². The summed E-state index contributed by atoms with van der Waals surface area (Å²) < 4.78 is 28.0. The fourth-order valence-corrected chi connectivity index (χ4v) is 4.38. The van der Waals surface area contributed by atoms with E-state index in [0.29, 0.717) is 16.0 Å². The molecule has 0 spiro atoms. The Bertz CT molecular complexity index is 839. The third-order valence-corrected chi connectivity index (χ3v) is 6.70. The molecule has 4 nitrogen and oxygen atoms in total. The molecule has 1 N–H and O–H groups in total. The van der Waals surface area contributed by atoms with Gasteiger partial charge in [0.15, 0.2) is 0 Å². The van der Waals surface area contributed by atoms with Gasteiger partial charge in [0, 0.05) is 0 Å². The number of benzene rings is 1. The number of aromatic nitrogens is 1. The van der Waals surface area contributed by atoms with E-state index in [1.165, 1.54) is 17.4 Å². The van der Waals surface area contributed by atoms with E-state index in [2.05, 4.69) is 18.8 Å². The van der Waals surface area contributed by atoms with Crippen molar-refractivity contribution in [3.63, 3.8) is 0 Å². The van der Waals surface area contributed by atoms with Crippen LogP contribution < -0.4 is 5.46 Å². The molecule has 2 aromatic rings. The van der Waals surface area contributed by atoms with Gasteiger partial charge in [-0.05, 0) is 64.6 Å². The summed E-state index contributed by atoms with van der Waals surface area (Å²) in [7, 11) is -0.635. The Labute approximate surface area is 158 Å². The molecule has 7 heteroatoms. The highest BCUT2D eigenvalue weighted by atomic mass is 32.1. The van der Waals surface area contributed by atoms with Crippen molar-refractivity contribution < 1.29 is 18.8 Å². The lowest BCUT2D eigenvalue weighted by atomic mass is 9.73. The minimum absolute atomic E-state index is 0.127. The lowest BCUT2D eigenvalue weighted by Gasteiger charge is -2.32. The van der Waals surface area contributed by atoms with Crippen LogP contribution in [0.15, 0.2) is 6.07 Å². The number of rotatable bonds is 3. The van der Waals surface area contributed by atoms with Crippen molar-refractivity contribution >= 4 is 34.1 Å². The van der Waals surface area contributed by atoms with Crippen LogP contribution in [0.5, 0.6) is 0 Å². The lowest BCUT2D eigenvalue weighted by molar-refractivity contribution is 0.00578. The SMILES string of the molecule is CC(C)c1c(B2OC(C)(C)C(C)(C)O2)cc(F)c2nc(C(C)(C)O)sc12. The topological polar surface area (TPSA) is 51.6 Å². The average molecular weight is 379 g/mol. The summed E-state index contributed by atoms with van der Waals surface area (Å²) in [5.41, 5.74) is -0.139. The van der Waals surface area contributed by atoms with E-state index in [1.807, 2.05) is 27.7 Å². The number of fused-ring (bicyclic) bond motifs is 1. The van der Waals surface area contributed by atoms with Gasteiger partial charge in [-0.15, -0.1) is 11.3 Å². The summed E-state index contributed by atoms with van der Waals surface area (Å²) in [6.45, 7) is 15.4. The highest BCUT2D eigenvalue weighted by Crippen LogP contribution is 2.39. The first-order valence-electron chi connectivity index (χ1n) is 8.96. The van der Waals surface area contributed by atoms with Crippen molar-refractivity contribution in [2.24, 2.45) is 0 Å². The Hall–Kier alpha value is -1.02. The quantitative estimate of drug-likeness (QED) is 0.817. The molecule has 0 bridgehead atoms. The van der Waals surface area contributed by atoms with Gasteiger partial charge in [-0.1, -0.05) is 13.8 Å². The van der Waals surface area contributed by atoms with Crippen molar-refractivity contribution in [1.82, 2.24) is 4.98 Å². The van der Waals surface area contributed by atoms with E-state index in [9.17, 15) is 9.50 Å². The maximum atomic E-state index is 14.9. The monoisotopic (exact) mass is 379 g/mol. The van der Waals surface area contributed by atoms with Gasteiger partial charge in [0.05, 0.1) is 15.9 Å². The second-order valence-electron chi connectivity index (χ2n) is 8.86. The zero-order valence-corrected chi connectivity index (χ0v) is 17.5. The minimum atomic E-state index is -1.12. The number of nitrogens with zero attached hydrogens (tertiary/aromatic N) is 1. The van der Waals surface area contributed by atoms with E-state index < -0.39 is 29.7 Å². The largest absolute Gasteiger partial charge is 0.495 e. The first kappa shape index (κ1) is 19.7. The van der Waals surface area contributed by atoms with Crippen LogP contribution in [0, 0.1) is 5.82 Å². The van der Waals surface area contributed by atoms with Gasteiger partial charge in [0.2, 0.25) is 0 Å². The lowest BCUT2D eigenvalue weighted by Crippen LogP contribution is -2.41. The van der Waals surface area contributed by atoms with Crippen molar-refractivity contribution in [3.8, 4) is 0 Å². The van der Waals surface area contributed by atoms with Gasteiger partial charge in [0.1, 0.15) is 21.9 Å². The maximum absolute atomic E-state index is 14.9. The molecule has 1 saturated heterocycles. The molecule has 0 saturated carbocycles. The predicted molar refractivity (Wildman–Crippen MR) is 105 cm³/mol. The maximum Gasteiger partial charge on any atom is 0.495 e. The van der Waals surface area contributed by atoms with Crippen LogP contribution in [0.25, 0.3) is 10.2 Å². The summed E-state index contributed by atoms with van der Waals surface area (Å²) in [4.78, 5) is 4.36. The van der Waals surface area contributed by atoms with Crippen LogP contribution in [0.3, 0.4) is 0 Å². The van der Waals surface area contributed by atoms with Crippen LogP contribution in [0.4, 0.5) is 4.39 Å². The standard InChI is InChI=1S/C19H27BFNO3S/c1-10(2)13-11(20-24-18(5,6)19(7,8)25-20)9-12(21)14-15(13)26-16(22-14)17(3,4)23/h9-10,23H,1-8H3. The Kier molecular flexibility index (Phi) is 4.55. The van der Waals surface area contributed by atoms with Gasteiger partial charge >= 0.3 is 7.12 Å².